The first-order valence-electron chi connectivity index (χ1n) is 8.76. The van der Waals surface area contributed by atoms with Crippen molar-refractivity contribution in [2.24, 2.45) is 0 Å². The van der Waals surface area contributed by atoms with Crippen LogP contribution in [0.4, 0.5) is 0 Å². The summed E-state index contributed by atoms with van der Waals surface area (Å²) in [5.41, 5.74) is 1.41. The zero-order chi connectivity index (χ0) is 17.3. The zero-order valence-electron chi connectivity index (χ0n) is 15.6. The van der Waals surface area contributed by atoms with Gasteiger partial charge in [-0.3, -0.25) is 9.69 Å². The van der Waals surface area contributed by atoms with Crippen LogP contribution in [-0.2, 0) is 11.3 Å². The maximum absolute atomic E-state index is 12.3. The number of hydrogen-bond acceptors (Lipinski definition) is 2. The summed E-state index contributed by atoms with van der Waals surface area (Å²) in [4.78, 5) is 17.0. The molecule has 128 valence electrons. The fourth-order valence-electron chi connectivity index (χ4n) is 4.62. The molecule has 1 aliphatic heterocycles. The first kappa shape index (κ1) is 18.0. The van der Waals surface area contributed by atoms with E-state index in [1.165, 1.54) is 5.56 Å². The molecule has 2 rings (SSSR count). The average molecular weight is 316 g/mol. The van der Waals surface area contributed by atoms with Crippen LogP contribution >= 0.6 is 0 Å². The van der Waals surface area contributed by atoms with E-state index in [0.29, 0.717) is 12.6 Å². The van der Waals surface area contributed by atoms with Crippen molar-refractivity contribution in [3.63, 3.8) is 0 Å². The molecule has 1 fully saturated rings. The Morgan fingerprint density at radius 3 is 2.09 bits per heavy atom. The number of benzene rings is 1. The molecule has 3 heteroatoms. The zero-order valence-corrected chi connectivity index (χ0v) is 15.6. The molecule has 3 nitrogen and oxygen atoms in total. The Morgan fingerprint density at radius 2 is 1.65 bits per heavy atom. The third-order valence-electron chi connectivity index (χ3n) is 5.29. The number of piperidine rings is 1. The fraction of sp³-hybridized carbons (Fsp3) is 0.650. The minimum absolute atomic E-state index is 0.103. The molecule has 0 aliphatic carbocycles. The van der Waals surface area contributed by atoms with Crippen LogP contribution in [0, 0.1) is 0 Å². The van der Waals surface area contributed by atoms with Crippen LogP contribution in [-0.4, -0.2) is 39.4 Å². The van der Waals surface area contributed by atoms with E-state index in [1.54, 1.807) is 6.92 Å². The lowest BCUT2D eigenvalue weighted by Crippen LogP contribution is -2.64. The predicted molar refractivity (Wildman–Crippen MR) is 96.2 cm³/mol. The Morgan fingerprint density at radius 1 is 1.13 bits per heavy atom. The monoisotopic (exact) mass is 316 g/mol. The van der Waals surface area contributed by atoms with Gasteiger partial charge in [0.05, 0.1) is 0 Å². The van der Waals surface area contributed by atoms with Crippen LogP contribution in [0.15, 0.2) is 30.3 Å². The number of carbonyl (C=O) groups excluding carboxylic acids is 1. The summed E-state index contributed by atoms with van der Waals surface area (Å²) in [6.45, 7) is 14.9. The summed E-state index contributed by atoms with van der Waals surface area (Å²) in [6.07, 6.45) is 2.05. The highest BCUT2D eigenvalue weighted by Crippen LogP contribution is 2.40. The van der Waals surface area contributed by atoms with E-state index in [4.69, 9.17) is 0 Å². The van der Waals surface area contributed by atoms with Crippen molar-refractivity contribution in [3.8, 4) is 0 Å². The van der Waals surface area contributed by atoms with Crippen LogP contribution in [0.5, 0.6) is 0 Å². The lowest BCUT2D eigenvalue weighted by molar-refractivity contribution is -0.137. The number of likely N-dealkylation sites (tertiary alicyclic amines) is 1. The second kappa shape index (κ2) is 6.64. The Labute approximate surface area is 141 Å². The minimum atomic E-state index is 0.103. The molecule has 1 saturated heterocycles. The van der Waals surface area contributed by atoms with Gasteiger partial charge in [0.25, 0.3) is 0 Å². The molecule has 0 saturated carbocycles. The highest BCUT2D eigenvalue weighted by atomic mass is 16.2. The molecule has 0 unspecified atom stereocenters. The molecule has 0 atom stereocenters. The van der Waals surface area contributed by atoms with Gasteiger partial charge in [-0.05, 0) is 52.6 Å². The van der Waals surface area contributed by atoms with Crippen molar-refractivity contribution in [2.75, 3.05) is 6.54 Å². The number of hydrogen-bond donors (Lipinski definition) is 0. The van der Waals surface area contributed by atoms with Crippen LogP contribution in [0.1, 0.15) is 59.9 Å². The van der Waals surface area contributed by atoms with Gasteiger partial charge in [0.2, 0.25) is 5.91 Å². The highest BCUT2D eigenvalue weighted by molar-refractivity contribution is 5.73. The number of carbonyl (C=O) groups is 1. The maximum atomic E-state index is 12.3. The first-order chi connectivity index (χ1) is 10.7. The van der Waals surface area contributed by atoms with E-state index in [0.717, 1.165) is 19.4 Å². The second-order valence-electron chi connectivity index (χ2n) is 8.06. The van der Waals surface area contributed by atoms with Gasteiger partial charge in [0.15, 0.2) is 0 Å². The van der Waals surface area contributed by atoms with Crippen molar-refractivity contribution >= 4 is 5.91 Å². The van der Waals surface area contributed by atoms with Crippen molar-refractivity contribution in [3.05, 3.63) is 35.9 Å². The summed E-state index contributed by atoms with van der Waals surface area (Å²) in [5, 5.41) is 0. The maximum Gasteiger partial charge on any atom is 0.219 e. The van der Waals surface area contributed by atoms with Gasteiger partial charge in [0.1, 0.15) is 0 Å². The molecule has 0 spiro atoms. The lowest BCUT2D eigenvalue weighted by atomic mass is 9.76. The molecular weight excluding hydrogens is 284 g/mol. The predicted octanol–water partition coefficient (Wildman–Crippen LogP) is 4.08. The SMILES string of the molecule is CCN1C(C)(C)CC(N(Cc2ccccc2)C(C)=O)CC1(C)C. The number of rotatable bonds is 4. The topological polar surface area (TPSA) is 23.6 Å². The number of amides is 1. The summed E-state index contributed by atoms with van der Waals surface area (Å²) in [6, 6.07) is 10.6. The summed E-state index contributed by atoms with van der Waals surface area (Å²) in [7, 11) is 0. The Balaban J connectivity index is 2.25. The first-order valence-corrected chi connectivity index (χ1v) is 8.76. The smallest absolute Gasteiger partial charge is 0.219 e. The van der Waals surface area contributed by atoms with Gasteiger partial charge >= 0.3 is 0 Å². The van der Waals surface area contributed by atoms with Crippen LogP contribution in [0.2, 0.25) is 0 Å². The van der Waals surface area contributed by atoms with Crippen molar-refractivity contribution in [1.82, 2.24) is 9.80 Å². The van der Waals surface area contributed by atoms with Crippen LogP contribution in [0.25, 0.3) is 0 Å². The molecule has 0 N–H and O–H groups in total. The van der Waals surface area contributed by atoms with Crippen LogP contribution < -0.4 is 0 Å². The minimum Gasteiger partial charge on any atom is -0.335 e. The summed E-state index contributed by atoms with van der Waals surface area (Å²) in [5.74, 6) is 0.176. The molecule has 0 radical (unpaired) electrons. The van der Waals surface area contributed by atoms with E-state index >= 15 is 0 Å². The van der Waals surface area contributed by atoms with Gasteiger partial charge in [-0.1, -0.05) is 37.3 Å². The normalized spacial score (nSPS) is 21.1. The van der Waals surface area contributed by atoms with Crippen molar-refractivity contribution < 1.29 is 4.79 Å². The molecule has 1 aliphatic rings. The molecule has 0 aromatic heterocycles. The lowest BCUT2D eigenvalue weighted by Gasteiger charge is -2.56. The molecule has 1 heterocycles. The Hall–Kier alpha value is -1.35. The fourth-order valence-corrected chi connectivity index (χ4v) is 4.62. The van der Waals surface area contributed by atoms with E-state index in [9.17, 15) is 4.79 Å². The molecular formula is C20H32N2O. The standard InChI is InChI=1S/C20H32N2O/c1-7-22-19(3,4)13-18(14-20(22,5)6)21(16(2)23)15-17-11-9-8-10-12-17/h8-12,18H,7,13-15H2,1-6H3. The van der Waals surface area contributed by atoms with Gasteiger partial charge in [-0.2, -0.15) is 0 Å². The third-order valence-corrected chi connectivity index (χ3v) is 5.29. The van der Waals surface area contributed by atoms with Gasteiger partial charge < -0.3 is 4.90 Å². The summed E-state index contributed by atoms with van der Waals surface area (Å²) >= 11 is 0. The van der Waals surface area contributed by atoms with E-state index in [1.807, 2.05) is 18.2 Å². The second-order valence-corrected chi connectivity index (χ2v) is 8.06. The van der Waals surface area contributed by atoms with Crippen molar-refractivity contribution in [1.29, 1.82) is 0 Å². The molecule has 1 aromatic rings. The largest absolute Gasteiger partial charge is 0.335 e. The number of nitrogens with zero attached hydrogens (tertiary/aromatic N) is 2. The molecule has 1 aromatic carbocycles. The highest BCUT2D eigenvalue weighted by Gasteiger charge is 2.46. The van der Waals surface area contributed by atoms with E-state index in [2.05, 4.69) is 56.6 Å². The van der Waals surface area contributed by atoms with Crippen LogP contribution in [0.3, 0.4) is 0 Å². The molecule has 1 amide bonds. The molecule has 0 bridgehead atoms. The average Bonchev–Trinajstić information content (AvgIpc) is 2.43. The molecule has 23 heavy (non-hydrogen) atoms. The summed E-state index contributed by atoms with van der Waals surface area (Å²) < 4.78 is 0. The van der Waals surface area contributed by atoms with Crippen molar-refractivity contribution in [2.45, 2.75) is 78.0 Å². The Bertz CT molecular complexity index is 518. The van der Waals surface area contributed by atoms with Gasteiger partial charge in [-0.15, -0.1) is 0 Å². The van der Waals surface area contributed by atoms with Gasteiger partial charge in [0, 0.05) is 30.6 Å². The third kappa shape index (κ3) is 3.95. The van der Waals surface area contributed by atoms with Gasteiger partial charge in [-0.25, -0.2) is 0 Å². The van der Waals surface area contributed by atoms with E-state index in [-0.39, 0.29) is 17.0 Å². The quantitative estimate of drug-likeness (QED) is 0.836. The Kier molecular flexibility index (Phi) is 5.20. The van der Waals surface area contributed by atoms with E-state index < -0.39 is 0 Å².